The molecule has 0 aromatic heterocycles. The number of hydrogen-bond acceptors (Lipinski definition) is 4. The Morgan fingerprint density at radius 1 is 1.05 bits per heavy atom. The number of unbranched alkanes of at least 4 members (excludes halogenated alkanes) is 1. The van der Waals surface area contributed by atoms with E-state index in [1.54, 1.807) is 0 Å². The van der Waals surface area contributed by atoms with E-state index < -0.39 is 0 Å². The highest BCUT2D eigenvalue weighted by atomic mass is 16.3. The van der Waals surface area contributed by atoms with Crippen LogP contribution in [-0.2, 0) is 0 Å². The molecule has 0 aliphatic rings. The summed E-state index contributed by atoms with van der Waals surface area (Å²) in [5.74, 6) is 0. The molecule has 0 aliphatic heterocycles. The van der Waals surface area contributed by atoms with Crippen molar-refractivity contribution in [2.24, 2.45) is 0 Å². The van der Waals surface area contributed by atoms with Gasteiger partial charge in [0.25, 0.3) is 0 Å². The van der Waals surface area contributed by atoms with E-state index in [4.69, 9.17) is 0 Å². The molecule has 0 heterocycles. The molecule has 0 amide bonds. The molecule has 134 valence electrons. The highest BCUT2D eigenvalue weighted by molar-refractivity contribution is 4.61. The molecule has 0 aromatic rings. The second-order valence-electron chi connectivity index (χ2n) is 7.49. The number of quaternary nitrogens is 1. The van der Waals surface area contributed by atoms with Crippen molar-refractivity contribution >= 4 is 0 Å². The summed E-state index contributed by atoms with van der Waals surface area (Å²) in [6.45, 7) is 9.45. The van der Waals surface area contributed by atoms with Crippen LogP contribution in [0.3, 0.4) is 0 Å². The summed E-state index contributed by atoms with van der Waals surface area (Å²) in [5, 5.41) is 13.5. The molecule has 1 atom stereocenters. The van der Waals surface area contributed by atoms with Gasteiger partial charge in [-0.15, -0.1) is 0 Å². The van der Waals surface area contributed by atoms with Gasteiger partial charge in [-0.05, 0) is 27.6 Å². The average Bonchev–Trinajstić information content (AvgIpc) is 2.42. The van der Waals surface area contributed by atoms with E-state index >= 15 is 0 Å². The van der Waals surface area contributed by atoms with Crippen molar-refractivity contribution in [3.63, 3.8) is 0 Å². The SMILES string of the molecule is CCCCC(O)CN(C)CC[N+](C)(C)CCNCCN(C)C. The van der Waals surface area contributed by atoms with E-state index in [1.807, 2.05) is 0 Å². The summed E-state index contributed by atoms with van der Waals surface area (Å²) in [6.07, 6.45) is 3.03. The van der Waals surface area contributed by atoms with Crippen LogP contribution in [0.2, 0.25) is 0 Å². The Morgan fingerprint density at radius 2 is 1.73 bits per heavy atom. The highest BCUT2D eigenvalue weighted by Crippen LogP contribution is 2.03. The van der Waals surface area contributed by atoms with E-state index in [9.17, 15) is 5.11 Å². The van der Waals surface area contributed by atoms with Crippen LogP contribution >= 0.6 is 0 Å². The predicted octanol–water partition coefficient (Wildman–Crippen LogP) is 0.697. The van der Waals surface area contributed by atoms with E-state index in [0.29, 0.717) is 0 Å². The third kappa shape index (κ3) is 13.5. The number of likely N-dealkylation sites (N-methyl/N-ethyl adjacent to an activating group) is 3. The normalized spacial score (nSPS) is 14.0. The van der Waals surface area contributed by atoms with E-state index in [1.165, 1.54) is 0 Å². The van der Waals surface area contributed by atoms with Crippen molar-refractivity contribution in [3.05, 3.63) is 0 Å². The first-order chi connectivity index (χ1) is 10.3. The second-order valence-corrected chi connectivity index (χ2v) is 7.49. The molecule has 0 rings (SSSR count). The smallest absolute Gasteiger partial charge is 0.0912 e. The van der Waals surface area contributed by atoms with Crippen LogP contribution in [0.15, 0.2) is 0 Å². The maximum atomic E-state index is 9.96. The van der Waals surface area contributed by atoms with Gasteiger partial charge in [0.2, 0.25) is 0 Å². The lowest BCUT2D eigenvalue weighted by Gasteiger charge is -2.32. The summed E-state index contributed by atoms with van der Waals surface area (Å²) in [6, 6.07) is 0. The fourth-order valence-electron chi connectivity index (χ4n) is 2.34. The van der Waals surface area contributed by atoms with Crippen molar-refractivity contribution in [2.75, 3.05) is 81.1 Å². The average molecular weight is 318 g/mol. The van der Waals surface area contributed by atoms with Gasteiger partial charge in [0, 0.05) is 32.7 Å². The quantitative estimate of drug-likeness (QED) is 0.365. The molecular formula is C17H41N4O+. The van der Waals surface area contributed by atoms with Crippen molar-refractivity contribution in [2.45, 2.75) is 32.3 Å². The first-order valence-corrected chi connectivity index (χ1v) is 8.81. The number of rotatable bonds is 14. The molecule has 0 saturated heterocycles. The van der Waals surface area contributed by atoms with Gasteiger partial charge in [-0.3, -0.25) is 4.90 Å². The van der Waals surface area contributed by atoms with Crippen LogP contribution in [0.25, 0.3) is 0 Å². The summed E-state index contributed by atoms with van der Waals surface area (Å²) >= 11 is 0. The minimum absolute atomic E-state index is 0.173. The number of nitrogens with one attached hydrogen (secondary N) is 1. The zero-order valence-electron chi connectivity index (χ0n) is 15.9. The Morgan fingerprint density at radius 3 is 2.32 bits per heavy atom. The molecule has 2 N–H and O–H groups in total. The van der Waals surface area contributed by atoms with Crippen LogP contribution in [0.1, 0.15) is 26.2 Å². The third-order valence-corrected chi connectivity index (χ3v) is 4.13. The number of aliphatic hydroxyl groups excluding tert-OH is 1. The molecular weight excluding hydrogens is 276 g/mol. The Labute approximate surface area is 138 Å². The van der Waals surface area contributed by atoms with Gasteiger partial charge in [-0.25, -0.2) is 0 Å². The van der Waals surface area contributed by atoms with Crippen LogP contribution in [0.4, 0.5) is 0 Å². The Bertz CT molecular complexity index is 259. The van der Waals surface area contributed by atoms with Crippen molar-refractivity contribution in [1.82, 2.24) is 15.1 Å². The van der Waals surface area contributed by atoms with Crippen LogP contribution in [0.5, 0.6) is 0 Å². The molecule has 0 fully saturated rings. The molecule has 0 aliphatic carbocycles. The summed E-state index contributed by atoms with van der Waals surface area (Å²) in [7, 11) is 10.9. The zero-order chi connectivity index (χ0) is 17.0. The van der Waals surface area contributed by atoms with Gasteiger partial charge in [0.15, 0.2) is 0 Å². The maximum Gasteiger partial charge on any atom is 0.0912 e. The Kier molecular flexibility index (Phi) is 12.1. The Balaban J connectivity index is 3.76. The first kappa shape index (κ1) is 21.8. The molecule has 0 bridgehead atoms. The topological polar surface area (TPSA) is 38.7 Å². The highest BCUT2D eigenvalue weighted by Gasteiger charge is 2.16. The monoisotopic (exact) mass is 317 g/mol. The summed E-state index contributed by atoms with van der Waals surface area (Å²) < 4.78 is 1.02. The molecule has 0 saturated carbocycles. The van der Waals surface area contributed by atoms with Gasteiger partial charge >= 0.3 is 0 Å². The van der Waals surface area contributed by atoms with Crippen molar-refractivity contribution in [3.8, 4) is 0 Å². The lowest BCUT2D eigenvalue weighted by Crippen LogP contribution is -2.49. The molecule has 1 unspecified atom stereocenters. The number of nitrogens with zero attached hydrogens (tertiary/aromatic N) is 3. The molecule has 0 radical (unpaired) electrons. The van der Waals surface area contributed by atoms with Crippen molar-refractivity contribution in [1.29, 1.82) is 0 Å². The predicted molar refractivity (Wildman–Crippen MR) is 96.3 cm³/mol. The molecule has 0 aromatic carbocycles. The Hall–Kier alpha value is -0.200. The lowest BCUT2D eigenvalue weighted by atomic mass is 10.1. The standard InChI is InChI=1S/C17H41N4O/c1-7-8-9-17(22)16-20(4)13-15-21(5,6)14-11-18-10-12-19(2)3/h17-18,22H,7-16H2,1-6H3/q+1. The first-order valence-electron chi connectivity index (χ1n) is 8.81. The van der Waals surface area contributed by atoms with Crippen molar-refractivity contribution < 1.29 is 9.59 Å². The lowest BCUT2D eigenvalue weighted by molar-refractivity contribution is -0.888. The zero-order valence-corrected chi connectivity index (χ0v) is 15.9. The second kappa shape index (κ2) is 12.3. The number of aliphatic hydroxyl groups is 1. The fraction of sp³-hybridized carbons (Fsp3) is 1.00. The molecule has 0 spiro atoms. The van der Waals surface area contributed by atoms with Gasteiger partial charge in [-0.1, -0.05) is 19.8 Å². The molecule has 5 heteroatoms. The van der Waals surface area contributed by atoms with Crippen LogP contribution in [-0.4, -0.2) is 107 Å². The van der Waals surface area contributed by atoms with Gasteiger partial charge in [0.1, 0.15) is 0 Å². The van der Waals surface area contributed by atoms with E-state index in [0.717, 1.165) is 69.6 Å². The summed E-state index contributed by atoms with van der Waals surface area (Å²) in [5.41, 5.74) is 0. The van der Waals surface area contributed by atoms with E-state index in [2.05, 4.69) is 57.3 Å². The number of hydrogen-bond donors (Lipinski definition) is 2. The van der Waals surface area contributed by atoms with Gasteiger partial charge in [-0.2, -0.15) is 0 Å². The minimum atomic E-state index is -0.173. The van der Waals surface area contributed by atoms with Crippen LogP contribution < -0.4 is 5.32 Å². The molecule has 22 heavy (non-hydrogen) atoms. The van der Waals surface area contributed by atoms with Gasteiger partial charge < -0.3 is 19.8 Å². The minimum Gasteiger partial charge on any atom is -0.392 e. The fourth-order valence-corrected chi connectivity index (χ4v) is 2.34. The van der Waals surface area contributed by atoms with Gasteiger partial charge in [0.05, 0.1) is 33.3 Å². The largest absolute Gasteiger partial charge is 0.392 e. The third-order valence-electron chi connectivity index (χ3n) is 4.13. The van der Waals surface area contributed by atoms with E-state index in [-0.39, 0.29) is 6.10 Å². The summed E-state index contributed by atoms with van der Waals surface area (Å²) in [4.78, 5) is 4.46. The maximum absolute atomic E-state index is 9.96. The molecule has 5 nitrogen and oxygen atoms in total. The van der Waals surface area contributed by atoms with Crippen LogP contribution in [0, 0.1) is 0 Å².